The number of carbonyl (C=O) groups excluding carboxylic acids is 1. The molecule has 12 aliphatic rings. The zero-order valence-electron chi connectivity index (χ0n) is 65.3. The van der Waals surface area contributed by atoms with E-state index < -0.39 is 45.0 Å². The van der Waals surface area contributed by atoms with E-state index in [0.717, 1.165) is 194 Å². The number of rotatable bonds is 16. The number of nitrogens with one attached hydrogen (secondary N) is 5. The zero-order chi connectivity index (χ0) is 79.5. The summed E-state index contributed by atoms with van der Waals surface area (Å²) in [4.78, 5) is 156. The first-order valence-corrected chi connectivity index (χ1v) is 39.2. The number of H-pyrrole nitrogens is 4. The molecule has 7 N–H and O–H groups in total. The van der Waals surface area contributed by atoms with Crippen molar-refractivity contribution in [2.45, 2.75) is 171 Å². The number of hydrogen-bond acceptors (Lipinski definition) is 21. The summed E-state index contributed by atoms with van der Waals surface area (Å²) in [7, 11) is 0. The molecule has 4 saturated heterocycles. The summed E-state index contributed by atoms with van der Waals surface area (Å²) in [6, 6.07) is 19.8. The molecule has 31 nitrogen and oxygen atoms in total. The SMILES string of the molecule is Cc1cc2nc3c(=O)[nH]c(=O)nc-3n(CCCC3CCOCC3)c2cc1C.Cc1cc2nc3c(=O)[nH]c(=O)nc-3n(CCCCn3cccc3)c2cc1C.Cc1cc2nc3c(=O)[nH]c(=O)nc-3n(CCN3CCC4(CCNCC4)CC3)c2cc1C.Cc1cc2nc3c(=O)[nH]c(=O)nc-3n(CCN3CCC[C@H]3C(N)=O)c2cc1C. The molecule has 113 heavy (non-hydrogen) atoms. The number of likely N-dealkylation sites (tertiary alicyclic amines) is 2. The average Bonchev–Trinajstić information content (AvgIpc) is 1.21. The van der Waals surface area contributed by atoms with Crippen LogP contribution in [0.3, 0.4) is 0 Å². The van der Waals surface area contributed by atoms with Crippen molar-refractivity contribution >= 4 is 50.0 Å². The lowest BCUT2D eigenvalue weighted by Crippen LogP contribution is -2.46. The molecule has 0 unspecified atom stereocenters. The van der Waals surface area contributed by atoms with Gasteiger partial charge in [0.15, 0.2) is 46.1 Å². The largest absolute Gasteiger partial charge is 0.381 e. The van der Waals surface area contributed by atoms with Crippen LogP contribution in [-0.4, -0.2) is 163 Å². The molecule has 12 aliphatic heterocycles. The molecule has 1 spiro atoms. The molecule has 0 saturated carbocycles. The Morgan fingerprint density at radius 1 is 0.434 bits per heavy atom. The first-order valence-electron chi connectivity index (χ1n) is 39.2. The van der Waals surface area contributed by atoms with Crippen molar-refractivity contribution < 1.29 is 9.53 Å². The molecule has 0 radical (unpaired) electrons. The Bertz CT molecular complexity index is 6090. The van der Waals surface area contributed by atoms with E-state index in [2.05, 4.69) is 107 Å². The molecule has 5 aromatic rings. The van der Waals surface area contributed by atoms with Gasteiger partial charge in [0.2, 0.25) is 5.91 Å². The monoisotopic (exact) mass is 1540 g/mol. The molecular formula is C82H97N21O10. The molecular weight excluding hydrogens is 1440 g/mol. The van der Waals surface area contributed by atoms with E-state index in [-0.39, 0.29) is 40.5 Å². The molecule has 17 rings (SSSR count). The topological polar surface area (TPSA) is 398 Å². The minimum atomic E-state index is -0.701. The number of fused-ring (bicyclic) bond motifs is 8. The maximum absolute atomic E-state index is 12.4. The number of nitrogens with zero attached hydrogens (tertiary/aromatic N) is 15. The molecule has 4 aromatic carbocycles. The Balaban J connectivity index is 0.000000125. The number of piperidine rings is 2. The highest BCUT2D eigenvalue weighted by molar-refractivity contribution is 5.84. The maximum Gasteiger partial charge on any atom is 0.349 e. The second-order valence-electron chi connectivity index (χ2n) is 30.9. The van der Waals surface area contributed by atoms with E-state index in [1.165, 1.54) is 25.7 Å². The Labute approximate surface area is 648 Å². The molecule has 4 fully saturated rings. The summed E-state index contributed by atoms with van der Waals surface area (Å²) < 4.78 is 15.4. The number of ether oxygens (including phenoxy) is 1. The van der Waals surface area contributed by atoms with E-state index in [0.29, 0.717) is 67.0 Å². The van der Waals surface area contributed by atoms with Crippen LogP contribution in [0.1, 0.15) is 122 Å². The van der Waals surface area contributed by atoms with Crippen LogP contribution >= 0.6 is 0 Å². The number of nitrogens with two attached hydrogens (primary N) is 1. The highest BCUT2D eigenvalue weighted by Crippen LogP contribution is 2.40. The van der Waals surface area contributed by atoms with Crippen LogP contribution in [0.4, 0.5) is 0 Å². The summed E-state index contributed by atoms with van der Waals surface area (Å²) in [6.45, 7) is 28.0. The summed E-state index contributed by atoms with van der Waals surface area (Å²) in [6.07, 6.45) is 16.9. The van der Waals surface area contributed by atoms with Gasteiger partial charge >= 0.3 is 22.8 Å². The van der Waals surface area contributed by atoms with Gasteiger partial charge in [0.25, 0.3) is 22.2 Å². The van der Waals surface area contributed by atoms with Crippen molar-refractivity contribution in [3.05, 3.63) is 201 Å². The third-order valence-electron chi connectivity index (χ3n) is 23.5. The lowest BCUT2D eigenvalue weighted by atomic mass is 9.71. The number of benzene rings is 4. The van der Waals surface area contributed by atoms with Crippen molar-refractivity contribution in [1.29, 1.82) is 0 Å². The quantitative estimate of drug-likeness (QED) is 0.0432. The molecule has 590 valence electrons. The van der Waals surface area contributed by atoms with E-state index in [1.807, 2.05) is 120 Å². The van der Waals surface area contributed by atoms with Gasteiger partial charge in [0.1, 0.15) is 0 Å². The van der Waals surface area contributed by atoms with E-state index in [1.54, 1.807) is 0 Å². The van der Waals surface area contributed by atoms with Gasteiger partial charge < -0.3 is 43.5 Å². The average molecular weight is 1540 g/mol. The van der Waals surface area contributed by atoms with Crippen molar-refractivity contribution in [3.8, 4) is 46.1 Å². The number of aromatic amines is 4. The molecule has 13 heterocycles. The standard InChI is InChI=1S/C23H30N6O2.C20H21N5O2.C20H24N4O3.C19H22N6O3/c1-15-13-17-18(14-16(15)2)29(20-19(25-17)21(30)27-22(31)26-20)12-11-28-9-5-23(6-10-28)3-7-24-8-4-23;1-13-11-15-16(12-14(13)2)25(10-6-5-9-24-7-3-4-8-24)18-17(21-15)19(26)23-20(27)22-18;1-12-10-15-16(11-13(12)2)24(7-3-4-14-5-8-27-9-6-14)18-17(21-15)19(25)23-20(26)22-18;1-10-8-12-14(9-11(10)2)25(7-6-24-5-3-4-13(24)16(20)26)17-15(21-12)18(27)23-19(28)22-17/h13-14,24H,3-12H2,1-2H3,(H,27,30,31);3-4,7-8,11-12H,5-6,9-10H2,1-2H3,(H,23,26,27);10-11,14H,3-9H2,1-2H3,(H,23,25,26);8-9,13H,3-7H2,1-2H3,(H2,20,26)(H,23,27,28)/t;;;13-/m...0/s1. The van der Waals surface area contributed by atoms with Crippen molar-refractivity contribution in [3.63, 3.8) is 0 Å². The Hall–Kier alpha value is -11.4. The summed E-state index contributed by atoms with van der Waals surface area (Å²) in [5.74, 6) is 1.69. The van der Waals surface area contributed by atoms with Gasteiger partial charge in [-0.2, -0.15) is 19.9 Å². The number of unbranched alkanes of at least 4 members (excludes halogenated alkanes) is 1. The summed E-state index contributed by atoms with van der Waals surface area (Å²) >= 11 is 0. The van der Waals surface area contributed by atoms with E-state index >= 15 is 0 Å². The second kappa shape index (κ2) is 33.5. The highest BCUT2D eigenvalue weighted by atomic mass is 16.5. The van der Waals surface area contributed by atoms with Crippen LogP contribution in [-0.2, 0) is 42.3 Å². The number of aryl methyl sites for hydroxylation is 11. The molecule has 1 amide bonds. The predicted molar refractivity (Wildman–Crippen MR) is 433 cm³/mol. The number of aromatic nitrogens is 17. The van der Waals surface area contributed by atoms with Crippen LogP contribution in [0.2, 0.25) is 0 Å². The Kier molecular flexibility index (Phi) is 23.2. The molecule has 1 atom stereocenters. The van der Waals surface area contributed by atoms with Gasteiger partial charge in [-0.15, -0.1) is 0 Å². The Morgan fingerprint density at radius 3 is 1.19 bits per heavy atom. The maximum atomic E-state index is 12.4. The molecule has 0 aliphatic carbocycles. The van der Waals surface area contributed by atoms with Crippen LogP contribution in [0, 0.1) is 66.7 Å². The van der Waals surface area contributed by atoms with Gasteiger partial charge in [-0.3, -0.25) is 48.8 Å². The van der Waals surface area contributed by atoms with Crippen LogP contribution < -0.4 is 56.0 Å². The predicted octanol–water partition coefficient (Wildman–Crippen LogP) is 6.71. The van der Waals surface area contributed by atoms with Crippen LogP contribution in [0.5, 0.6) is 0 Å². The van der Waals surface area contributed by atoms with Crippen molar-refractivity contribution in [2.24, 2.45) is 17.1 Å². The first-order chi connectivity index (χ1) is 54.3. The number of amides is 1. The fraction of sp³-hybridized carbons (Fsp3) is 0.451. The van der Waals surface area contributed by atoms with E-state index in [4.69, 9.17) is 10.5 Å². The first kappa shape index (κ1) is 78.3. The van der Waals surface area contributed by atoms with E-state index in [9.17, 15) is 43.2 Å². The fourth-order valence-corrected chi connectivity index (χ4v) is 16.4. The molecule has 1 aromatic heterocycles. The lowest BCUT2D eigenvalue weighted by Gasteiger charge is -2.44. The second-order valence-corrected chi connectivity index (χ2v) is 30.9. The van der Waals surface area contributed by atoms with Crippen LogP contribution in [0.25, 0.3) is 90.2 Å². The molecule has 31 heteroatoms. The normalized spacial score (nSPS) is 16.2. The van der Waals surface area contributed by atoms with Crippen molar-refractivity contribution in [1.82, 2.24) is 97.8 Å². The van der Waals surface area contributed by atoms with Gasteiger partial charge in [-0.1, -0.05) is 0 Å². The minimum absolute atomic E-state index is 0.128. The zero-order valence-corrected chi connectivity index (χ0v) is 65.3. The molecule has 0 bridgehead atoms. The highest BCUT2D eigenvalue weighted by Gasteiger charge is 2.36. The number of primary amides is 1. The minimum Gasteiger partial charge on any atom is -0.381 e. The third kappa shape index (κ3) is 17.2. The van der Waals surface area contributed by atoms with Crippen molar-refractivity contribution in [2.75, 3.05) is 59.0 Å². The van der Waals surface area contributed by atoms with Gasteiger partial charge in [0, 0.05) is 71.4 Å². The lowest BCUT2D eigenvalue weighted by molar-refractivity contribution is -0.122. The summed E-state index contributed by atoms with van der Waals surface area (Å²) in [5.41, 5.74) is 17.6. The van der Waals surface area contributed by atoms with Gasteiger partial charge in [-0.05, 0) is 282 Å². The summed E-state index contributed by atoms with van der Waals surface area (Å²) in [5, 5.41) is 3.48. The van der Waals surface area contributed by atoms with Gasteiger partial charge in [-0.25, -0.2) is 39.1 Å². The smallest absolute Gasteiger partial charge is 0.349 e. The Morgan fingerprint density at radius 2 is 0.796 bits per heavy atom. The number of carbonyl (C=O) groups is 1. The van der Waals surface area contributed by atoms with Crippen LogP contribution in [0.15, 0.2) is 111 Å². The number of hydrogen-bond donors (Lipinski definition) is 6. The third-order valence-corrected chi connectivity index (χ3v) is 23.5. The fourth-order valence-electron chi connectivity index (χ4n) is 16.4. The van der Waals surface area contributed by atoms with Gasteiger partial charge in [0.05, 0.1) is 50.2 Å².